The number of aromatic carboxylic acids is 1. The second-order valence-corrected chi connectivity index (χ2v) is 18.5. The predicted octanol–water partition coefficient (Wildman–Crippen LogP) is 6.85. The second kappa shape index (κ2) is 18.4. The van der Waals surface area contributed by atoms with Gasteiger partial charge in [-0.3, -0.25) is 14.4 Å². The summed E-state index contributed by atoms with van der Waals surface area (Å²) < 4.78 is 11.0. The van der Waals surface area contributed by atoms with Crippen LogP contribution >= 0.6 is 61.3 Å². The van der Waals surface area contributed by atoms with Crippen LogP contribution in [0.4, 0.5) is 0 Å². The molecule has 4 N–H and O–H groups in total. The standard InChI is InChI=1S/C36H39BrN8O8S4/c1-15(2)24(33-45-26(34(49)50)22(57-33)12-52-8)43-29(48)25-16(3)56-32(44-25)19(11-23(46)38-7)40-28(47)20-13-54-30(41-20)17-9-10-18(39-27(17)37)31-42-21(14-55-31)35(51)53-36(4,5)6/h9-10,13-15,19,24H,11-12H2,1-8H3,(H,38,46)(H,40,47)(H,43,48)(H,49,50)/t19-,24-/m0/s1. The first-order chi connectivity index (χ1) is 26.9. The molecular weight excluding hydrogens is 881 g/mol. The normalized spacial score (nSPS) is 12.6. The highest BCUT2D eigenvalue weighted by molar-refractivity contribution is 9.10. The molecule has 0 spiro atoms. The molecule has 0 radical (unpaired) electrons. The third-order valence-corrected chi connectivity index (χ3v) is 12.4. The van der Waals surface area contributed by atoms with E-state index in [1.165, 1.54) is 36.8 Å². The number of aryl methyl sites for hydroxylation is 1. The first kappa shape index (κ1) is 43.6. The lowest BCUT2D eigenvalue weighted by Gasteiger charge is -2.20. The van der Waals surface area contributed by atoms with E-state index in [1.54, 1.807) is 50.6 Å². The number of pyridine rings is 1. The maximum Gasteiger partial charge on any atom is 0.358 e. The molecule has 0 aliphatic carbocycles. The Bertz CT molecular complexity index is 2310. The number of hydrogen-bond donors (Lipinski definition) is 4. The molecule has 5 rings (SSSR count). The van der Waals surface area contributed by atoms with Crippen LogP contribution in [0.5, 0.6) is 0 Å². The van der Waals surface area contributed by atoms with E-state index in [9.17, 15) is 29.1 Å². The van der Waals surface area contributed by atoms with Crippen molar-refractivity contribution in [1.29, 1.82) is 0 Å². The molecule has 302 valence electrons. The van der Waals surface area contributed by atoms with Crippen LogP contribution < -0.4 is 16.0 Å². The lowest BCUT2D eigenvalue weighted by molar-refractivity contribution is -0.121. The van der Waals surface area contributed by atoms with Crippen LogP contribution in [0, 0.1) is 12.8 Å². The summed E-state index contributed by atoms with van der Waals surface area (Å²) >= 11 is 8.29. The highest BCUT2D eigenvalue weighted by Crippen LogP contribution is 2.34. The molecule has 0 fully saturated rings. The van der Waals surface area contributed by atoms with E-state index in [0.717, 1.165) is 22.7 Å². The SMILES string of the molecule is CNC(=O)C[C@H](NC(=O)c1csc(-c2ccc(-c3nc(C(=O)OC(C)(C)C)cs3)nc2Br)n1)c1nc(C(=O)N[C@H](c2nc(C(=O)O)c(COC)s2)C(C)C)c(C)s1. The lowest BCUT2D eigenvalue weighted by Crippen LogP contribution is -2.34. The molecule has 0 aliphatic rings. The van der Waals surface area contributed by atoms with Crippen LogP contribution in [0.2, 0.25) is 0 Å². The van der Waals surface area contributed by atoms with Crippen LogP contribution in [0.15, 0.2) is 27.5 Å². The molecule has 0 unspecified atom stereocenters. The highest BCUT2D eigenvalue weighted by Gasteiger charge is 2.30. The summed E-state index contributed by atoms with van der Waals surface area (Å²) in [6.45, 7) is 10.9. The molecule has 21 heteroatoms. The maximum atomic E-state index is 13.7. The fourth-order valence-electron chi connectivity index (χ4n) is 5.15. The number of rotatable bonds is 15. The molecule has 0 bridgehead atoms. The molecule has 0 aromatic carbocycles. The Kier molecular flexibility index (Phi) is 14.0. The number of carboxylic acid groups (broad SMARTS) is 1. The zero-order valence-electron chi connectivity index (χ0n) is 32.0. The van der Waals surface area contributed by atoms with Crippen LogP contribution in [0.1, 0.15) is 115 Å². The van der Waals surface area contributed by atoms with E-state index in [2.05, 4.69) is 56.8 Å². The molecule has 0 saturated carbocycles. The Balaban J connectivity index is 1.33. The first-order valence-electron chi connectivity index (χ1n) is 17.2. The average Bonchev–Trinajstić information content (AvgIpc) is 3.96. The van der Waals surface area contributed by atoms with Crippen molar-refractivity contribution in [2.75, 3.05) is 14.2 Å². The highest BCUT2D eigenvalue weighted by atomic mass is 79.9. The second-order valence-electron chi connectivity index (χ2n) is 13.7. The van der Waals surface area contributed by atoms with Crippen molar-refractivity contribution in [3.63, 3.8) is 0 Å². The third-order valence-electron chi connectivity index (χ3n) is 7.86. The van der Waals surface area contributed by atoms with Crippen molar-refractivity contribution >= 4 is 90.9 Å². The Morgan fingerprint density at radius 1 is 0.877 bits per heavy atom. The summed E-state index contributed by atoms with van der Waals surface area (Å²) in [5.41, 5.74) is 0.731. The van der Waals surface area contributed by atoms with Gasteiger partial charge in [0.1, 0.15) is 47.3 Å². The molecule has 5 heterocycles. The molecule has 2 atom stereocenters. The third kappa shape index (κ3) is 10.7. The topological polar surface area (TPSA) is 225 Å². The minimum Gasteiger partial charge on any atom is -0.476 e. The number of nitrogens with one attached hydrogen (secondary N) is 3. The number of methoxy groups -OCH3 is 1. The number of halogens is 1. The van der Waals surface area contributed by atoms with Gasteiger partial charge >= 0.3 is 11.9 Å². The zero-order valence-corrected chi connectivity index (χ0v) is 36.9. The van der Waals surface area contributed by atoms with E-state index < -0.39 is 41.4 Å². The van der Waals surface area contributed by atoms with E-state index in [-0.39, 0.29) is 47.6 Å². The maximum absolute atomic E-state index is 13.7. The van der Waals surface area contributed by atoms with Crippen molar-refractivity contribution in [2.45, 2.75) is 72.3 Å². The predicted molar refractivity (Wildman–Crippen MR) is 220 cm³/mol. The number of esters is 1. The van der Waals surface area contributed by atoms with E-state index in [4.69, 9.17) is 9.47 Å². The van der Waals surface area contributed by atoms with Gasteiger partial charge in [-0.05, 0) is 61.7 Å². The molecular formula is C36H39BrN8O8S4. The number of ether oxygens (including phenoxy) is 2. The first-order valence-corrected chi connectivity index (χ1v) is 21.4. The number of amides is 3. The van der Waals surface area contributed by atoms with Crippen LogP contribution in [0.3, 0.4) is 0 Å². The zero-order chi connectivity index (χ0) is 41.8. The monoisotopic (exact) mass is 918 g/mol. The minimum absolute atomic E-state index is 0.0591. The van der Waals surface area contributed by atoms with Gasteiger partial charge in [0, 0.05) is 35.4 Å². The molecule has 0 aliphatic heterocycles. The fraction of sp³-hybridized carbons (Fsp3) is 0.389. The lowest BCUT2D eigenvalue weighted by atomic mass is 10.0. The number of thiazole rings is 4. The molecule has 16 nitrogen and oxygen atoms in total. The molecule has 3 amide bonds. The fourth-order valence-corrected chi connectivity index (χ4v) is 9.60. The van der Waals surface area contributed by atoms with E-state index >= 15 is 0 Å². The van der Waals surface area contributed by atoms with Gasteiger partial charge in [0.2, 0.25) is 5.91 Å². The summed E-state index contributed by atoms with van der Waals surface area (Å²) in [5.74, 6) is -3.33. The summed E-state index contributed by atoms with van der Waals surface area (Å²) in [5, 5.41) is 23.0. The number of carbonyl (C=O) groups excluding carboxylic acids is 4. The van der Waals surface area contributed by atoms with Crippen molar-refractivity contribution in [3.8, 4) is 21.3 Å². The molecule has 0 saturated heterocycles. The summed E-state index contributed by atoms with van der Waals surface area (Å²) in [7, 11) is 2.93. The van der Waals surface area contributed by atoms with E-state index in [1.807, 2.05) is 13.8 Å². The van der Waals surface area contributed by atoms with Gasteiger partial charge < -0.3 is 30.5 Å². The van der Waals surface area contributed by atoms with Gasteiger partial charge in [-0.2, -0.15) is 0 Å². The van der Waals surface area contributed by atoms with Crippen LogP contribution in [0.25, 0.3) is 21.3 Å². The van der Waals surface area contributed by atoms with Gasteiger partial charge in [-0.1, -0.05) is 13.8 Å². The van der Waals surface area contributed by atoms with Gasteiger partial charge in [0.15, 0.2) is 11.4 Å². The minimum atomic E-state index is -1.19. The quantitative estimate of drug-likeness (QED) is 0.0624. The molecule has 57 heavy (non-hydrogen) atoms. The van der Waals surface area contributed by atoms with Crippen molar-refractivity contribution in [3.05, 3.63) is 70.0 Å². The summed E-state index contributed by atoms with van der Waals surface area (Å²) in [4.78, 5) is 87.5. The Labute approximate surface area is 352 Å². The number of hydrogen-bond acceptors (Lipinski definition) is 16. The van der Waals surface area contributed by atoms with Crippen LogP contribution in [-0.4, -0.2) is 79.4 Å². The van der Waals surface area contributed by atoms with Gasteiger partial charge in [-0.15, -0.1) is 45.3 Å². The van der Waals surface area contributed by atoms with Gasteiger partial charge in [0.25, 0.3) is 11.8 Å². The average molecular weight is 920 g/mol. The van der Waals surface area contributed by atoms with Crippen molar-refractivity contribution < 1.29 is 38.6 Å². The van der Waals surface area contributed by atoms with Gasteiger partial charge in [0.05, 0.1) is 30.0 Å². The number of aromatic nitrogens is 5. The van der Waals surface area contributed by atoms with Crippen molar-refractivity contribution in [1.82, 2.24) is 40.9 Å². The summed E-state index contributed by atoms with van der Waals surface area (Å²) in [6.07, 6.45) is -0.162. The van der Waals surface area contributed by atoms with Crippen molar-refractivity contribution in [2.24, 2.45) is 5.92 Å². The Hall–Kier alpha value is -4.54. The summed E-state index contributed by atoms with van der Waals surface area (Å²) in [6, 6.07) is 1.98. The number of carbonyl (C=O) groups is 5. The Morgan fingerprint density at radius 2 is 1.54 bits per heavy atom. The van der Waals surface area contributed by atoms with Crippen LogP contribution in [-0.2, 0) is 20.9 Å². The smallest absolute Gasteiger partial charge is 0.358 e. The number of carboxylic acids is 1. The van der Waals surface area contributed by atoms with E-state index in [0.29, 0.717) is 45.6 Å². The largest absolute Gasteiger partial charge is 0.476 e. The Morgan fingerprint density at radius 3 is 2.18 bits per heavy atom. The molecule has 5 aromatic rings. The van der Waals surface area contributed by atoms with Gasteiger partial charge in [-0.25, -0.2) is 34.5 Å². The number of nitrogens with zero attached hydrogens (tertiary/aromatic N) is 5. The molecule has 5 aromatic heterocycles.